The van der Waals surface area contributed by atoms with Crippen LogP contribution in [0, 0.1) is 0 Å². The Morgan fingerprint density at radius 2 is 1.63 bits per heavy atom. The first kappa shape index (κ1) is 22.5. The molecule has 0 saturated heterocycles. The number of hydrogen-bond donors (Lipinski definition) is 1. The Balaban J connectivity index is 1.30. The number of amides is 1. The van der Waals surface area contributed by atoms with E-state index in [0.29, 0.717) is 18.9 Å². The summed E-state index contributed by atoms with van der Waals surface area (Å²) in [5.41, 5.74) is 1.89. The molecule has 176 valence electrons. The van der Waals surface area contributed by atoms with E-state index >= 15 is 0 Å². The van der Waals surface area contributed by atoms with Gasteiger partial charge in [0.2, 0.25) is 0 Å². The van der Waals surface area contributed by atoms with Gasteiger partial charge >= 0.3 is 0 Å². The lowest BCUT2D eigenvalue weighted by Crippen LogP contribution is -2.33. The number of aromatic nitrogens is 2. The van der Waals surface area contributed by atoms with Crippen molar-refractivity contribution in [2.45, 2.75) is 19.5 Å². The fraction of sp³-hybridized carbons (Fsp3) is 0.172. The molecule has 35 heavy (non-hydrogen) atoms. The van der Waals surface area contributed by atoms with Crippen molar-refractivity contribution in [2.75, 3.05) is 13.2 Å². The van der Waals surface area contributed by atoms with Crippen LogP contribution >= 0.6 is 0 Å². The standard InChI is InChI=1S/C29H27N3O3/c1-21(30-28(33)20-35-23-12-3-2-4-13-23)29-31-25-15-7-8-16-26(25)32(29)18-19-34-27-17-9-11-22-10-5-6-14-24(22)27/h2-17,21H,18-20H2,1H3,(H,30,33). The van der Waals surface area contributed by atoms with Crippen molar-refractivity contribution in [3.8, 4) is 11.5 Å². The number of rotatable bonds is 9. The van der Waals surface area contributed by atoms with Crippen LogP contribution in [0.3, 0.4) is 0 Å². The number of hydrogen-bond acceptors (Lipinski definition) is 4. The topological polar surface area (TPSA) is 65.4 Å². The highest BCUT2D eigenvalue weighted by Crippen LogP contribution is 2.26. The molecule has 0 saturated carbocycles. The zero-order valence-corrected chi connectivity index (χ0v) is 19.6. The number of ether oxygens (including phenoxy) is 2. The van der Waals surface area contributed by atoms with Gasteiger partial charge in [-0.15, -0.1) is 0 Å². The van der Waals surface area contributed by atoms with E-state index in [1.165, 1.54) is 0 Å². The summed E-state index contributed by atoms with van der Waals surface area (Å²) in [4.78, 5) is 17.4. The van der Waals surface area contributed by atoms with E-state index in [4.69, 9.17) is 14.5 Å². The minimum absolute atomic E-state index is 0.0568. The third kappa shape index (κ3) is 5.11. The van der Waals surface area contributed by atoms with Crippen molar-refractivity contribution in [1.29, 1.82) is 0 Å². The Morgan fingerprint density at radius 3 is 2.51 bits per heavy atom. The van der Waals surface area contributed by atoms with E-state index in [0.717, 1.165) is 33.4 Å². The van der Waals surface area contributed by atoms with Crippen molar-refractivity contribution in [3.63, 3.8) is 0 Å². The SMILES string of the molecule is CC(NC(=O)COc1ccccc1)c1nc2ccccc2n1CCOc1cccc2ccccc12. The lowest BCUT2D eigenvalue weighted by atomic mass is 10.1. The number of imidazole rings is 1. The Kier molecular flexibility index (Phi) is 6.61. The van der Waals surface area contributed by atoms with Crippen LogP contribution in [0.2, 0.25) is 0 Å². The van der Waals surface area contributed by atoms with Gasteiger partial charge in [0.1, 0.15) is 23.9 Å². The van der Waals surface area contributed by atoms with Crippen LogP contribution in [0.1, 0.15) is 18.8 Å². The van der Waals surface area contributed by atoms with E-state index in [2.05, 4.69) is 28.1 Å². The van der Waals surface area contributed by atoms with Gasteiger partial charge in [-0.1, -0.05) is 66.7 Å². The van der Waals surface area contributed by atoms with E-state index in [9.17, 15) is 4.79 Å². The zero-order valence-electron chi connectivity index (χ0n) is 19.6. The lowest BCUT2D eigenvalue weighted by molar-refractivity contribution is -0.123. The fourth-order valence-electron chi connectivity index (χ4n) is 4.24. The molecular formula is C29H27N3O3. The highest BCUT2D eigenvalue weighted by Gasteiger charge is 2.19. The molecule has 0 spiro atoms. The van der Waals surface area contributed by atoms with Crippen LogP contribution in [-0.4, -0.2) is 28.7 Å². The Morgan fingerprint density at radius 1 is 0.886 bits per heavy atom. The normalized spacial score (nSPS) is 11.9. The van der Waals surface area contributed by atoms with Gasteiger partial charge in [-0.3, -0.25) is 4.79 Å². The summed E-state index contributed by atoms with van der Waals surface area (Å²) in [6, 6.07) is 31.2. The maximum Gasteiger partial charge on any atom is 0.258 e. The first-order valence-corrected chi connectivity index (χ1v) is 11.7. The highest BCUT2D eigenvalue weighted by molar-refractivity contribution is 5.88. The molecule has 1 heterocycles. The molecule has 5 rings (SSSR count). The molecule has 0 radical (unpaired) electrons. The summed E-state index contributed by atoms with van der Waals surface area (Å²) in [5, 5.41) is 5.25. The first-order valence-electron chi connectivity index (χ1n) is 11.7. The number of carbonyl (C=O) groups is 1. The average Bonchev–Trinajstić information content (AvgIpc) is 3.27. The Bertz CT molecular complexity index is 1440. The second kappa shape index (κ2) is 10.3. The Hall–Kier alpha value is -4.32. The summed E-state index contributed by atoms with van der Waals surface area (Å²) in [6.07, 6.45) is 0. The van der Waals surface area contributed by atoms with Gasteiger partial charge in [0.15, 0.2) is 6.61 Å². The number of para-hydroxylation sites is 3. The summed E-state index contributed by atoms with van der Waals surface area (Å²) < 4.78 is 13.9. The molecule has 1 amide bonds. The van der Waals surface area contributed by atoms with Crippen LogP contribution < -0.4 is 14.8 Å². The molecule has 1 N–H and O–H groups in total. The predicted molar refractivity (Wildman–Crippen MR) is 138 cm³/mol. The molecule has 0 fully saturated rings. The highest BCUT2D eigenvalue weighted by atomic mass is 16.5. The summed E-state index contributed by atoms with van der Waals surface area (Å²) in [5.74, 6) is 2.09. The second-order valence-corrected chi connectivity index (χ2v) is 8.33. The van der Waals surface area contributed by atoms with Crippen LogP contribution in [-0.2, 0) is 11.3 Å². The number of benzene rings is 4. The smallest absolute Gasteiger partial charge is 0.258 e. The van der Waals surface area contributed by atoms with Gasteiger partial charge in [-0.25, -0.2) is 4.98 Å². The second-order valence-electron chi connectivity index (χ2n) is 8.33. The molecule has 4 aromatic carbocycles. The van der Waals surface area contributed by atoms with Crippen LogP contribution in [0.5, 0.6) is 11.5 Å². The summed E-state index contributed by atoms with van der Waals surface area (Å²) >= 11 is 0. The van der Waals surface area contributed by atoms with E-state index in [-0.39, 0.29) is 18.6 Å². The monoisotopic (exact) mass is 465 g/mol. The van der Waals surface area contributed by atoms with E-state index in [1.54, 1.807) is 0 Å². The van der Waals surface area contributed by atoms with E-state index in [1.807, 2.05) is 85.8 Å². The van der Waals surface area contributed by atoms with Crippen molar-refractivity contribution in [2.24, 2.45) is 0 Å². The molecule has 6 nitrogen and oxygen atoms in total. The van der Waals surface area contributed by atoms with Gasteiger partial charge < -0.3 is 19.4 Å². The fourth-order valence-corrected chi connectivity index (χ4v) is 4.24. The minimum Gasteiger partial charge on any atom is -0.491 e. The molecule has 0 aliphatic rings. The van der Waals surface area contributed by atoms with Gasteiger partial charge in [0.25, 0.3) is 5.91 Å². The van der Waals surface area contributed by atoms with Gasteiger partial charge in [-0.05, 0) is 42.6 Å². The number of carbonyl (C=O) groups excluding carboxylic acids is 1. The predicted octanol–water partition coefficient (Wildman–Crippen LogP) is 5.52. The largest absolute Gasteiger partial charge is 0.491 e. The summed E-state index contributed by atoms with van der Waals surface area (Å²) in [7, 11) is 0. The minimum atomic E-state index is -0.299. The molecule has 1 unspecified atom stereocenters. The molecule has 0 bridgehead atoms. The van der Waals surface area contributed by atoms with Gasteiger partial charge in [-0.2, -0.15) is 0 Å². The van der Waals surface area contributed by atoms with Gasteiger partial charge in [0.05, 0.1) is 23.6 Å². The zero-order chi connectivity index (χ0) is 24.0. The summed E-state index contributed by atoms with van der Waals surface area (Å²) in [6.45, 7) is 2.95. The number of fused-ring (bicyclic) bond motifs is 2. The quantitative estimate of drug-likeness (QED) is 0.311. The first-order chi connectivity index (χ1) is 17.2. The maximum atomic E-state index is 12.6. The molecule has 5 aromatic rings. The van der Waals surface area contributed by atoms with Crippen LogP contribution in [0.25, 0.3) is 21.8 Å². The number of nitrogens with zero attached hydrogens (tertiary/aromatic N) is 2. The molecule has 1 aromatic heterocycles. The molecule has 6 heteroatoms. The van der Waals surface area contributed by atoms with Crippen molar-refractivity contribution in [1.82, 2.24) is 14.9 Å². The molecule has 0 aliphatic heterocycles. The van der Waals surface area contributed by atoms with Gasteiger partial charge in [0, 0.05) is 5.39 Å². The van der Waals surface area contributed by atoms with Crippen molar-refractivity contribution in [3.05, 3.63) is 103 Å². The molecule has 0 aliphatic carbocycles. The molecular weight excluding hydrogens is 438 g/mol. The van der Waals surface area contributed by atoms with Crippen LogP contribution in [0.15, 0.2) is 97.1 Å². The third-order valence-electron chi connectivity index (χ3n) is 5.88. The Labute approximate surface area is 204 Å². The van der Waals surface area contributed by atoms with E-state index < -0.39 is 0 Å². The third-order valence-corrected chi connectivity index (χ3v) is 5.88. The van der Waals surface area contributed by atoms with Crippen molar-refractivity contribution < 1.29 is 14.3 Å². The number of nitrogens with one attached hydrogen (secondary N) is 1. The molecule has 1 atom stereocenters. The van der Waals surface area contributed by atoms with Crippen molar-refractivity contribution >= 4 is 27.7 Å². The van der Waals surface area contributed by atoms with Crippen LogP contribution in [0.4, 0.5) is 0 Å². The maximum absolute atomic E-state index is 12.6. The average molecular weight is 466 g/mol. The lowest BCUT2D eigenvalue weighted by Gasteiger charge is -2.17.